The predicted octanol–water partition coefficient (Wildman–Crippen LogP) is 3.32. The third-order valence-electron chi connectivity index (χ3n) is 2.72. The molecule has 0 radical (unpaired) electrons. The summed E-state index contributed by atoms with van der Waals surface area (Å²) in [5, 5.41) is 12.8. The number of rotatable bonds is 3. The average Bonchev–Trinajstić information content (AvgIpc) is 2.42. The minimum atomic E-state index is -0.277. The van der Waals surface area contributed by atoms with Crippen LogP contribution < -0.4 is 11.1 Å². The number of carbonyl (C=O) groups is 1. The molecule has 0 aliphatic carbocycles. The second-order valence-corrected chi connectivity index (χ2v) is 5.46. The molecule has 0 heterocycles. The van der Waals surface area contributed by atoms with Gasteiger partial charge in [0.1, 0.15) is 5.75 Å². The number of hydrogen-bond donors (Lipinski definition) is 3. The second-order valence-electron chi connectivity index (χ2n) is 4.20. The molecule has 4 N–H and O–H groups in total. The van der Waals surface area contributed by atoms with E-state index < -0.39 is 0 Å². The molecule has 0 saturated heterocycles. The van der Waals surface area contributed by atoms with Crippen molar-refractivity contribution in [1.29, 1.82) is 0 Å². The van der Waals surface area contributed by atoms with Gasteiger partial charge in [-0.25, -0.2) is 0 Å². The number of hydrogen-bond acceptors (Lipinski definition) is 3. The van der Waals surface area contributed by atoms with Crippen molar-refractivity contribution in [3.05, 3.63) is 57.0 Å². The molecule has 0 aromatic heterocycles. The highest BCUT2D eigenvalue weighted by atomic mass is 79.9. The Morgan fingerprint density at radius 2 is 2.05 bits per heavy atom. The lowest BCUT2D eigenvalue weighted by Gasteiger charge is -2.08. The highest BCUT2D eigenvalue weighted by Gasteiger charge is 2.09. The van der Waals surface area contributed by atoms with Gasteiger partial charge < -0.3 is 16.2 Å². The van der Waals surface area contributed by atoms with Crippen molar-refractivity contribution in [1.82, 2.24) is 5.32 Å². The molecule has 0 atom stereocenters. The minimum Gasteiger partial charge on any atom is -0.508 e. The third kappa shape index (κ3) is 3.43. The van der Waals surface area contributed by atoms with Crippen molar-refractivity contribution in [2.45, 2.75) is 6.54 Å². The van der Waals surface area contributed by atoms with Crippen LogP contribution in [0.15, 0.2) is 40.9 Å². The van der Waals surface area contributed by atoms with Gasteiger partial charge in [0, 0.05) is 27.8 Å². The van der Waals surface area contributed by atoms with Crippen molar-refractivity contribution in [2.24, 2.45) is 0 Å². The summed E-state index contributed by atoms with van der Waals surface area (Å²) in [5.74, 6) is -0.186. The molecule has 6 heteroatoms. The van der Waals surface area contributed by atoms with Gasteiger partial charge in [0.15, 0.2) is 0 Å². The molecule has 1 amide bonds. The van der Waals surface area contributed by atoms with Gasteiger partial charge in [0.2, 0.25) is 0 Å². The van der Waals surface area contributed by atoms with Crippen LogP contribution in [0.25, 0.3) is 0 Å². The zero-order valence-corrected chi connectivity index (χ0v) is 12.7. The van der Waals surface area contributed by atoms with Crippen molar-refractivity contribution in [2.75, 3.05) is 5.73 Å². The summed E-state index contributed by atoms with van der Waals surface area (Å²) >= 11 is 9.20. The maximum absolute atomic E-state index is 12.0. The predicted molar refractivity (Wildman–Crippen MR) is 82.8 cm³/mol. The van der Waals surface area contributed by atoms with Crippen LogP contribution >= 0.6 is 27.5 Å². The van der Waals surface area contributed by atoms with Gasteiger partial charge >= 0.3 is 0 Å². The molecule has 0 fully saturated rings. The van der Waals surface area contributed by atoms with Gasteiger partial charge in [-0.15, -0.1) is 0 Å². The van der Waals surface area contributed by atoms with Gasteiger partial charge in [-0.2, -0.15) is 0 Å². The summed E-state index contributed by atoms with van der Waals surface area (Å²) in [6, 6.07) is 9.63. The lowest BCUT2D eigenvalue weighted by atomic mass is 10.1. The number of benzene rings is 2. The van der Waals surface area contributed by atoms with Crippen LogP contribution in [0, 0.1) is 0 Å². The topological polar surface area (TPSA) is 75.3 Å². The number of nitrogens with one attached hydrogen (secondary N) is 1. The average molecular weight is 356 g/mol. The van der Waals surface area contributed by atoms with Crippen LogP contribution in [0.1, 0.15) is 15.9 Å². The van der Waals surface area contributed by atoms with Crippen molar-refractivity contribution in [3.63, 3.8) is 0 Å². The standard InChI is InChI=1S/C14H12BrClN2O2/c15-11-3-1-8(6-12(11)16)14(20)18-7-9-5-10(17)2-4-13(9)19/h1-6,19H,7,17H2,(H,18,20). The first-order chi connectivity index (χ1) is 9.47. The number of nitrogens with two attached hydrogens (primary N) is 1. The molecule has 2 rings (SSSR count). The summed E-state index contributed by atoms with van der Waals surface area (Å²) in [6.45, 7) is 0.184. The van der Waals surface area contributed by atoms with E-state index in [0.29, 0.717) is 21.8 Å². The van der Waals surface area contributed by atoms with Crippen LogP contribution in [-0.2, 0) is 6.54 Å². The van der Waals surface area contributed by atoms with Crippen molar-refractivity contribution < 1.29 is 9.90 Å². The quantitative estimate of drug-likeness (QED) is 0.584. The number of carbonyl (C=O) groups excluding carboxylic acids is 1. The molecule has 20 heavy (non-hydrogen) atoms. The van der Waals surface area contributed by atoms with Crippen LogP contribution in [0.5, 0.6) is 5.75 Å². The van der Waals surface area contributed by atoms with E-state index >= 15 is 0 Å². The lowest BCUT2D eigenvalue weighted by Crippen LogP contribution is -2.22. The molecule has 0 unspecified atom stereocenters. The SMILES string of the molecule is Nc1ccc(O)c(CNC(=O)c2ccc(Br)c(Cl)c2)c1. The summed E-state index contributed by atoms with van der Waals surface area (Å²) in [4.78, 5) is 12.0. The summed E-state index contributed by atoms with van der Waals surface area (Å²) in [5.41, 5.74) is 7.16. The van der Waals surface area contributed by atoms with Crippen LogP contribution in [0.2, 0.25) is 5.02 Å². The first kappa shape index (κ1) is 14.7. The largest absolute Gasteiger partial charge is 0.508 e. The van der Waals surface area contributed by atoms with Crippen molar-refractivity contribution >= 4 is 39.1 Å². The maximum atomic E-state index is 12.0. The fourth-order valence-corrected chi connectivity index (χ4v) is 2.09. The monoisotopic (exact) mass is 354 g/mol. The summed E-state index contributed by atoms with van der Waals surface area (Å²) < 4.78 is 0.726. The first-order valence-corrected chi connectivity index (χ1v) is 6.95. The van der Waals surface area contributed by atoms with Gasteiger partial charge in [-0.1, -0.05) is 11.6 Å². The van der Waals surface area contributed by atoms with E-state index in [2.05, 4.69) is 21.2 Å². The minimum absolute atomic E-state index is 0.0911. The molecule has 0 saturated carbocycles. The van der Waals surface area contributed by atoms with E-state index in [0.717, 1.165) is 4.47 Å². The molecule has 4 nitrogen and oxygen atoms in total. The molecule has 0 spiro atoms. The molecule has 104 valence electrons. The van der Waals surface area contributed by atoms with Gasteiger partial charge in [0.05, 0.1) is 5.02 Å². The Hall–Kier alpha value is -1.72. The fourth-order valence-electron chi connectivity index (χ4n) is 1.66. The molecule has 2 aromatic rings. The third-order valence-corrected chi connectivity index (χ3v) is 3.96. The highest BCUT2D eigenvalue weighted by molar-refractivity contribution is 9.10. The van der Waals surface area contributed by atoms with E-state index in [4.69, 9.17) is 17.3 Å². The molecule has 2 aromatic carbocycles. The Bertz CT molecular complexity index is 662. The number of anilines is 1. The number of aromatic hydroxyl groups is 1. The lowest BCUT2D eigenvalue weighted by molar-refractivity contribution is 0.0950. The molecule has 0 aliphatic rings. The fraction of sp³-hybridized carbons (Fsp3) is 0.0714. The normalized spacial score (nSPS) is 10.3. The Morgan fingerprint density at radius 3 is 2.75 bits per heavy atom. The van der Waals surface area contributed by atoms with E-state index in [1.54, 1.807) is 30.3 Å². The van der Waals surface area contributed by atoms with Gasteiger partial charge in [-0.3, -0.25) is 4.79 Å². The first-order valence-electron chi connectivity index (χ1n) is 5.78. The Kier molecular flexibility index (Phi) is 4.52. The smallest absolute Gasteiger partial charge is 0.251 e. The number of amides is 1. The van der Waals surface area contributed by atoms with E-state index in [1.165, 1.54) is 6.07 Å². The van der Waals surface area contributed by atoms with Crippen LogP contribution in [-0.4, -0.2) is 11.0 Å². The number of nitrogen functional groups attached to an aromatic ring is 1. The number of phenolic OH excluding ortho intramolecular Hbond substituents is 1. The Labute approximate surface area is 129 Å². The van der Waals surface area contributed by atoms with Gasteiger partial charge in [0.25, 0.3) is 5.91 Å². The van der Waals surface area contributed by atoms with E-state index in [1.807, 2.05) is 0 Å². The maximum Gasteiger partial charge on any atom is 0.251 e. The van der Waals surface area contributed by atoms with E-state index in [-0.39, 0.29) is 18.2 Å². The molecular formula is C14H12BrClN2O2. The molecule has 0 aliphatic heterocycles. The van der Waals surface area contributed by atoms with Crippen LogP contribution in [0.4, 0.5) is 5.69 Å². The van der Waals surface area contributed by atoms with E-state index in [9.17, 15) is 9.90 Å². The molecular weight excluding hydrogens is 344 g/mol. The van der Waals surface area contributed by atoms with Crippen LogP contribution in [0.3, 0.4) is 0 Å². The van der Waals surface area contributed by atoms with Gasteiger partial charge in [-0.05, 0) is 52.3 Å². The summed E-state index contributed by atoms with van der Waals surface area (Å²) in [6.07, 6.45) is 0. The molecule has 0 bridgehead atoms. The summed E-state index contributed by atoms with van der Waals surface area (Å²) in [7, 11) is 0. The highest BCUT2D eigenvalue weighted by Crippen LogP contribution is 2.23. The Balaban J connectivity index is 2.08. The Morgan fingerprint density at radius 1 is 1.30 bits per heavy atom. The zero-order valence-electron chi connectivity index (χ0n) is 10.4. The second kappa shape index (κ2) is 6.15. The van der Waals surface area contributed by atoms with Crippen molar-refractivity contribution in [3.8, 4) is 5.75 Å². The number of halogens is 2. The number of phenols is 1. The zero-order chi connectivity index (χ0) is 14.7.